The van der Waals surface area contributed by atoms with Gasteiger partial charge in [-0.3, -0.25) is 0 Å². The average Bonchev–Trinajstić information content (AvgIpc) is 1.27. The van der Waals surface area contributed by atoms with E-state index in [0.29, 0.717) is 5.70 Å². The lowest BCUT2D eigenvalue weighted by atomic mass is 10.2. The average molecular weight is 97.2 g/mol. The van der Waals surface area contributed by atoms with Gasteiger partial charge >= 0.3 is 0 Å². The van der Waals surface area contributed by atoms with Crippen LogP contribution >= 0.6 is 0 Å². The Balaban J connectivity index is 3.32. The largest absolute Gasteiger partial charge is 0.402 e. The molecule has 0 aliphatic rings. The molecule has 7 heavy (non-hydrogen) atoms. The van der Waals surface area contributed by atoms with Crippen LogP contribution in [-0.4, -0.2) is 0 Å². The van der Waals surface area contributed by atoms with E-state index in [2.05, 4.69) is 13.2 Å². The molecule has 0 radical (unpaired) electrons. The molecule has 0 amide bonds. The van der Waals surface area contributed by atoms with Gasteiger partial charge in [-0.15, -0.1) is 0 Å². The zero-order chi connectivity index (χ0) is 5.86. The molecule has 0 aromatic heterocycles. The van der Waals surface area contributed by atoms with Crippen molar-refractivity contribution in [2.75, 3.05) is 0 Å². The fourth-order valence-electron chi connectivity index (χ4n) is 0.388. The molecule has 0 aliphatic heterocycles. The molecule has 1 nitrogen and oxygen atoms in total. The number of allylic oxidation sites excluding steroid dienone is 1. The van der Waals surface area contributed by atoms with E-state index >= 15 is 0 Å². The Labute approximate surface area is 44.5 Å². The molecule has 0 heterocycles. The predicted octanol–water partition coefficient (Wildman–Crippen LogP) is 1.43. The maximum Gasteiger partial charge on any atom is 0.00680 e. The predicted molar refractivity (Wildman–Crippen MR) is 32.8 cm³/mol. The maximum atomic E-state index is 5.24. The molecule has 0 rings (SSSR count). The van der Waals surface area contributed by atoms with Gasteiger partial charge in [-0.2, -0.15) is 0 Å². The van der Waals surface area contributed by atoms with Gasteiger partial charge in [-0.1, -0.05) is 18.7 Å². The van der Waals surface area contributed by atoms with E-state index in [4.69, 9.17) is 5.73 Å². The highest BCUT2D eigenvalue weighted by Crippen LogP contribution is 1.98. The molecule has 0 aromatic carbocycles. The first-order chi connectivity index (χ1) is 3.13. The molecule has 40 valence electrons. The third-order valence-corrected chi connectivity index (χ3v) is 0.529. The lowest BCUT2D eigenvalue weighted by molar-refractivity contribution is 1.10. The van der Waals surface area contributed by atoms with Gasteiger partial charge in [-0.25, -0.2) is 0 Å². The standard InChI is InChI=1S/C6H11N/c1-5(2)4-6(3)7/h1,3-4,7H2,2H3. The SMILES string of the molecule is C=C(C)CC(=C)N. The number of rotatable bonds is 2. The molecule has 0 saturated heterocycles. The van der Waals surface area contributed by atoms with Crippen molar-refractivity contribution in [1.82, 2.24) is 0 Å². The first kappa shape index (κ1) is 6.28. The Morgan fingerprint density at radius 2 is 2.00 bits per heavy atom. The van der Waals surface area contributed by atoms with Gasteiger partial charge in [0, 0.05) is 12.1 Å². The van der Waals surface area contributed by atoms with Gasteiger partial charge in [0.25, 0.3) is 0 Å². The normalized spacial score (nSPS) is 8.14. The first-order valence-electron chi connectivity index (χ1n) is 2.20. The van der Waals surface area contributed by atoms with Gasteiger partial charge in [0.1, 0.15) is 0 Å². The lowest BCUT2D eigenvalue weighted by Gasteiger charge is -1.93. The number of nitrogens with two attached hydrogens (primary N) is 1. The summed E-state index contributed by atoms with van der Waals surface area (Å²) in [6.07, 6.45) is 0.750. The highest BCUT2D eigenvalue weighted by molar-refractivity contribution is 5.02. The zero-order valence-corrected chi connectivity index (χ0v) is 4.70. The number of hydrogen-bond acceptors (Lipinski definition) is 1. The van der Waals surface area contributed by atoms with E-state index in [0.717, 1.165) is 12.0 Å². The summed E-state index contributed by atoms with van der Waals surface area (Å²) in [5.74, 6) is 0. The van der Waals surface area contributed by atoms with Crippen LogP contribution in [-0.2, 0) is 0 Å². The van der Waals surface area contributed by atoms with Gasteiger partial charge in [0.15, 0.2) is 0 Å². The molecule has 2 N–H and O–H groups in total. The molecule has 1 heteroatoms. The molecule has 0 unspecified atom stereocenters. The van der Waals surface area contributed by atoms with Crippen molar-refractivity contribution in [3.05, 3.63) is 24.4 Å². The Morgan fingerprint density at radius 3 is 2.00 bits per heavy atom. The van der Waals surface area contributed by atoms with Gasteiger partial charge in [-0.05, 0) is 6.92 Å². The molecule has 0 fully saturated rings. The van der Waals surface area contributed by atoms with Crippen molar-refractivity contribution in [2.24, 2.45) is 5.73 Å². The molecular weight excluding hydrogens is 86.1 g/mol. The van der Waals surface area contributed by atoms with E-state index in [1.165, 1.54) is 0 Å². The summed E-state index contributed by atoms with van der Waals surface area (Å²) in [7, 11) is 0. The van der Waals surface area contributed by atoms with Crippen LogP contribution in [0.2, 0.25) is 0 Å². The molecule has 0 saturated carbocycles. The minimum absolute atomic E-state index is 0.688. The van der Waals surface area contributed by atoms with Crippen molar-refractivity contribution >= 4 is 0 Å². The van der Waals surface area contributed by atoms with Crippen LogP contribution in [0.25, 0.3) is 0 Å². The first-order valence-corrected chi connectivity index (χ1v) is 2.20. The van der Waals surface area contributed by atoms with E-state index < -0.39 is 0 Å². The highest BCUT2D eigenvalue weighted by Gasteiger charge is 1.82. The van der Waals surface area contributed by atoms with E-state index in [1.807, 2.05) is 6.92 Å². The maximum absolute atomic E-state index is 5.24. The lowest BCUT2D eigenvalue weighted by Crippen LogP contribution is -1.93. The topological polar surface area (TPSA) is 26.0 Å². The minimum atomic E-state index is 0.688. The monoisotopic (exact) mass is 97.1 g/mol. The molecule has 0 atom stereocenters. The fourth-order valence-corrected chi connectivity index (χ4v) is 0.388. The Bertz CT molecular complexity index is 80.4. The Kier molecular flexibility index (Phi) is 2.20. The van der Waals surface area contributed by atoms with Crippen molar-refractivity contribution < 1.29 is 0 Å². The second-order valence-electron chi connectivity index (χ2n) is 1.79. The summed E-state index contributed by atoms with van der Waals surface area (Å²) in [4.78, 5) is 0. The van der Waals surface area contributed by atoms with Crippen LogP contribution in [0.1, 0.15) is 13.3 Å². The fraction of sp³-hybridized carbons (Fsp3) is 0.333. The molecule has 0 spiro atoms. The molecule has 0 aromatic rings. The van der Waals surface area contributed by atoms with Crippen LogP contribution in [0.15, 0.2) is 24.4 Å². The van der Waals surface area contributed by atoms with E-state index in [-0.39, 0.29) is 0 Å². The van der Waals surface area contributed by atoms with E-state index in [9.17, 15) is 0 Å². The van der Waals surface area contributed by atoms with Crippen molar-refractivity contribution in [3.63, 3.8) is 0 Å². The van der Waals surface area contributed by atoms with Crippen LogP contribution in [0.4, 0.5) is 0 Å². The quantitative estimate of drug-likeness (QED) is 0.518. The Hall–Kier alpha value is -0.720. The second kappa shape index (κ2) is 2.45. The van der Waals surface area contributed by atoms with Crippen molar-refractivity contribution in [3.8, 4) is 0 Å². The summed E-state index contributed by atoms with van der Waals surface area (Å²) in [6, 6.07) is 0. The third-order valence-electron chi connectivity index (χ3n) is 0.529. The van der Waals surface area contributed by atoms with Crippen LogP contribution in [0.5, 0.6) is 0 Å². The van der Waals surface area contributed by atoms with Crippen molar-refractivity contribution in [1.29, 1.82) is 0 Å². The molecular formula is C6H11N. The summed E-state index contributed by atoms with van der Waals surface area (Å²) < 4.78 is 0. The van der Waals surface area contributed by atoms with Gasteiger partial charge < -0.3 is 5.73 Å². The van der Waals surface area contributed by atoms with E-state index in [1.54, 1.807) is 0 Å². The van der Waals surface area contributed by atoms with Gasteiger partial charge in [0.05, 0.1) is 0 Å². The highest BCUT2D eigenvalue weighted by atomic mass is 14.5. The van der Waals surface area contributed by atoms with Gasteiger partial charge in [0.2, 0.25) is 0 Å². The summed E-state index contributed by atoms with van der Waals surface area (Å²) in [5.41, 5.74) is 6.99. The minimum Gasteiger partial charge on any atom is -0.402 e. The Morgan fingerprint density at radius 1 is 1.57 bits per heavy atom. The van der Waals surface area contributed by atoms with Crippen molar-refractivity contribution in [2.45, 2.75) is 13.3 Å². The number of hydrogen-bond donors (Lipinski definition) is 1. The summed E-state index contributed by atoms with van der Waals surface area (Å²) in [5, 5.41) is 0. The molecule has 0 aliphatic carbocycles. The van der Waals surface area contributed by atoms with Crippen LogP contribution in [0, 0.1) is 0 Å². The smallest absolute Gasteiger partial charge is 0.00680 e. The van der Waals surface area contributed by atoms with Crippen LogP contribution < -0.4 is 5.73 Å². The zero-order valence-electron chi connectivity index (χ0n) is 4.70. The van der Waals surface area contributed by atoms with Crippen LogP contribution in [0.3, 0.4) is 0 Å². The summed E-state index contributed by atoms with van der Waals surface area (Å²) >= 11 is 0. The second-order valence-corrected chi connectivity index (χ2v) is 1.79. The summed E-state index contributed by atoms with van der Waals surface area (Å²) in [6.45, 7) is 9.10. The molecule has 0 bridgehead atoms. The third kappa shape index (κ3) is 5.28.